The normalized spacial score (nSPS) is 12.6. The summed E-state index contributed by atoms with van der Waals surface area (Å²) in [6.07, 6.45) is 2.93. The molecule has 0 aliphatic carbocycles. The average Bonchev–Trinajstić information content (AvgIpc) is 3.30. The van der Waals surface area contributed by atoms with E-state index in [-0.39, 0.29) is 5.57 Å². The fourth-order valence-corrected chi connectivity index (χ4v) is 4.44. The van der Waals surface area contributed by atoms with Crippen LogP contribution in [0.4, 0.5) is 11.4 Å². The van der Waals surface area contributed by atoms with Crippen molar-refractivity contribution in [3.63, 3.8) is 0 Å². The van der Waals surface area contributed by atoms with Crippen molar-refractivity contribution in [2.24, 2.45) is 0 Å². The first kappa shape index (κ1) is 25.5. The molecule has 8 nitrogen and oxygen atoms in total. The minimum Gasteiger partial charge on any atom is -0.454 e. The van der Waals surface area contributed by atoms with Crippen LogP contribution in [0.5, 0.6) is 0 Å². The van der Waals surface area contributed by atoms with Gasteiger partial charge in [0.05, 0.1) is 23.6 Å². The van der Waals surface area contributed by atoms with Crippen molar-refractivity contribution in [3.05, 3.63) is 94.1 Å². The first-order chi connectivity index (χ1) is 17.7. The molecular weight excluding hydrogens is 466 g/mol. The van der Waals surface area contributed by atoms with E-state index in [1.807, 2.05) is 55.8 Å². The lowest BCUT2D eigenvalue weighted by molar-refractivity contribution is -0.141. The first-order valence-corrected chi connectivity index (χ1v) is 11.9. The lowest BCUT2D eigenvalue weighted by atomic mass is 10.1. The second-order valence-corrected chi connectivity index (χ2v) is 9.01. The molecule has 188 valence electrons. The highest BCUT2D eigenvalue weighted by atomic mass is 16.5. The molecule has 3 aromatic rings. The van der Waals surface area contributed by atoms with Crippen molar-refractivity contribution in [2.45, 2.75) is 27.3 Å². The topological polar surface area (TPSA) is 91.5 Å². The highest BCUT2D eigenvalue weighted by molar-refractivity contribution is 6.04. The SMILES string of the molecule is Cc1ccc(Cn2nc(C)c(/C=C/C(=O)OCC(=O)C(C#N)=C3N(C)c4ccccc4N3C)c2C)cc1. The highest BCUT2D eigenvalue weighted by Crippen LogP contribution is 2.40. The third-order valence-corrected chi connectivity index (χ3v) is 6.48. The number of nitriles is 1. The summed E-state index contributed by atoms with van der Waals surface area (Å²) in [6, 6.07) is 17.9. The van der Waals surface area contributed by atoms with Crippen LogP contribution >= 0.6 is 0 Å². The third kappa shape index (κ3) is 5.16. The number of hydrogen-bond acceptors (Lipinski definition) is 7. The summed E-state index contributed by atoms with van der Waals surface area (Å²) in [5, 5.41) is 14.3. The van der Waals surface area contributed by atoms with E-state index in [1.165, 1.54) is 11.6 Å². The number of hydrogen-bond donors (Lipinski definition) is 0. The molecule has 0 saturated heterocycles. The Bertz CT molecular complexity index is 1430. The summed E-state index contributed by atoms with van der Waals surface area (Å²) in [5.74, 6) is -0.784. The molecule has 2 heterocycles. The Kier molecular flexibility index (Phi) is 7.25. The van der Waals surface area contributed by atoms with Crippen LogP contribution in [0.15, 0.2) is 66.0 Å². The quantitative estimate of drug-likeness (QED) is 0.274. The smallest absolute Gasteiger partial charge is 0.331 e. The molecule has 8 heteroatoms. The molecule has 0 bridgehead atoms. The number of esters is 1. The van der Waals surface area contributed by atoms with Gasteiger partial charge in [0, 0.05) is 31.4 Å². The zero-order chi connectivity index (χ0) is 26.7. The van der Waals surface area contributed by atoms with E-state index in [1.54, 1.807) is 30.0 Å². The van der Waals surface area contributed by atoms with Crippen molar-refractivity contribution in [1.29, 1.82) is 5.26 Å². The number of ketones is 1. The zero-order valence-electron chi connectivity index (χ0n) is 21.6. The number of fused-ring (bicyclic) bond motifs is 1. The van der Waals surface area contributed by atoms with Crippen LogP contribution in [0.3, 0.4) is 0 Å². The van der Waals surface area contributed by atoms with Crippen LogP contribution < -0.4 is 9.80 Å². The molecule has 0 saturated carbocycles. The minimum atomic E-state index is -0.669. The number of benzene rings is 2. The Morgan fingerprint density at radius 3 is 2.22 bits per heavy atom. The molecule has 0 radical (unpaired) electrons. The van der Waals surface area contributed by atoms with Crippen LogP contribution in [-0.4, -0.2) is 42.2 Å². The molecule has 37 heavy (non-hydrogen) atoms. The van der Waals surface area contributed by atoms with Gasteiger partial charge in [0.2, 0.25) is 5.78 Å². The van der Waals surface area contributed by atoms with Crippen molar-refractivity contribution in [1.82, 2.24) is 9.78 Å². The van der Waals surface area contributed by atoms with Gasteiger partial charge in [0.1, 0.15) is 17.5 Å². The Morgan fingerprint density at radius 2 is 1.62 bits per heavy atom. The number of carbonyl (C=O) groups excluding carboxylic acids is 2. The molecule has 0 unspecified atom stereocenters. The van der Waals surface area contributed by atoms with E-state index < -0.39 is 18.4 Å². The van der Waals surface area contributed by atoms with Crippen LogP contribution in [-0.2, 0) is 20.9 Å². The number of para-hydroxylation sites is 2. The predicted octanol–water partition coefficient (Wildman–Crippen LogP) is 4.30. The van der Waals surface area contributed by atoms with Crippen LogP contribution in [0.2, 0.25) is 0 Å². The number of ether oxygens (including phenoxy) is 1. The Hall–Kier alpha value is -4.64. The number of nitrogens with zero attached hydrogens (tertiary/aromatic N) is 5. The van der Waals surface area contributed by atoms with Gasteiger partial charge in [-0.3, -0.25) is 9.48 Å². The van der Waals surface area contributed by atoms with Gasteiger partial charge in [0.25, 0.3) is 0 Å². The Labute approximate surface area is 216 Å². The lowest BCUT2D eigenvalue weighted by Gasteiger charge is -2.19. The maximum absolute atomic E-state index is 12.8. The molecule has 0 fully saturated rings. The average molecular weight is 496 g/mol. The number of carbonyl (C=O) groups is 2. The largest absolute Gasteiger partial charge is 0.454 e. The molecule has 0 atom stereocenters. The monoisotopic (exact) mass is 495 g/mol. The van der Waals surface area contributed by atoms with Gasteiger partial charge >= 0.3 is 5.97 Å². The Balaban J connectivity index is 1.42. The molecule has 1 aliphatic heterocycles. The molecule has 4 rings (SSSR count). The van der Waals surface area contributed by atoms with Gasteiger partial charge in [-0.1, -0.05) is 42.0 Å². The molecule has 1 aliphatic rings. The Morgan fingerprint density at radius 1 is 1.00 bits per heavy atom. The number of anilines is 2. The van der Waals surface area contributed by atoms with E-state index in [4.69, 9.17) is 4.74 Å². The molecule has 0 amide bonds. The molecule has 2 aromatic carbocycles. The van der Waals surface area contributed by atoms with E-state index in [0.29, 0.717) is 12.4 Å². The molecule has 1 aromatic heterocycles. The summed E-state index contributed by atoms with van der Waals surface area (Å²) < 4.78 is 7.08. The van der Waals surface area contributed by atoms with Gasteiger partial charge in [0.15, 0.2) is 6.61 Å². The third-order valence-electron chi connectivity index (χ3n) is 6.48. The fraction of sp³-hybridized carbons (Fsp3) is 0.241. The number of aryl methyl sites for hydroxylation is 2. The number of Topliss-reactive ketones (excluding diaryl/α,β-unsaturated/α-hetero) is 1. The summed E-state index contributed by atoms with van der Waals surface area (Å²) >= 11 is 0. The van der Waals surface area contributed by atoms with Crippen LogP contribution in [0.25, 0.3) is 6.08 Å². The fourth-order valence-electron chi connectivity index (χ4n) is 4.44. The lowest BCUT2D eigenvalue weighted by Crippen LogP contribution is -2.27. The van der Waals surface area contributed by atoms with Crippen molar-refractivity contribution >= 4 is 29.2 Å². The van der Waals surface area contributed by atoms with Gasteiger partial charge in [-0.15, -0.1) is 0 Å². The molecule has 0 N–H and O–H groups in total. The van der Waals surface area contributed by atoms with E-state index in [0.717, 1.165) is 33.9 Å². The first-order valence-electron chi connectivity index (χ1n) is 11.9. The summed E-state index contributed by atoms with van der Waals surface area (Å²) in [6.45, 7) is 5.97. The van der Waals surface area contributed by atoms with Crippen LogP contribution in [0.1, 0.15) is 28.1 Å². The standard InChI is InChI=1S/C29H29N5O3/c1-19-10-12-22(13-11-19)17-34-21(3)23(20(2)31-34)14-15-28(36)37-18-27(35)24(16-30)29-32(4)25-8-6-7-9-26(25)33(29)5/h6-15H,17-18H2,1-5H3/b15-14+. The zero-order valence-corrected chi connectivity index (χ0v) is 21.6. The highest BCUT2D eigenvalue weighted by Gasteiger charge is 2.31. The van der Waals surface area contributed by atoms with Crippen molar-refractivity contribution < 1.29 is 14.3 Å². The summed E-state index contributed by atoms with van der Waals surface area (Å²) in [4.78, 5) is 28.8. The van der Waals surface area contributed by atoms with Gasteiger partial charge in [-0.25, -0.2) is 4.79 Å². The second-order valence-electron chi connectivity index (χ2n) is 9.01. The number of aromatic nitrogens is 2. The van der Waals surface area contributed by atoms with Crippen molar-refractivity contribution in [2.75, 3.05) is 30.5 Å². The maximum atomic E-state index is 12.8. The van der Waals surface area contributed by atoms with E-state index in [9.17, 15) is 14.9 Å². The van der Waals surface area contributed by atoms with E-state index >= 15 is 0 Å². The minimum absolute atomic E-state index is 0.0675. The maximum Gasteiger partial charge on any atom is 0.331 e. The van der Waals surface area contributed by atoms with Crippen molar-refractivity contribution in [3.8, 4) is 6.07 Å². The van der Waals surface area contributed by atoms with Gasteiger partial charge in [-0.2, -0.15) is 10.4 Å². The van der Waals surface area contributed by atoms with E-state index in [2.05, 4.69) is 29.4 Å². The molecular formula is C29H29N5O3. The molecule has 0 spiro atoms. The predicted molar refractivity (Wildman–Crippen MR) is 143 cm³/mol. The van der Waals surface area contributed by atoms with Gasteiger partial charge < -0.3 is 14.5 Å². The number of rotatable bonds is 7. The summed E-state index contributed by atoms with van der Waals surface area (Å²) in [5.41, 5.74) is 6.55. The second kappa shape index (κ2) is 10.5. The summed E-state index contributed by atoms with van der Waals surface area (Å²) in [7, 11) is 3.58. The van der Waals surface area contributed by atoms with Crippen LogP contribution in [0, 0.1) is 32.1 Å². The van der Waals surface area contributed by atoms with Gasteiger partial charge in [-0.05, 0) is 44.5 Å².